The van der Waals surface area contributed by atoms with Crippen LogP contribution >= 0.6 is 11.3 Å². The summed E-state index contributed by atoms with van der Waals surface area (Å²) < 4.78 is 0. The van der Waals surface area contributed by atoms with E-state index in [4.69, 9.17) is 0 Å². The lowest BCUT2D eigenvalue weighted by molar-refractivity contribution is -0.383. The number of thiophene rings is 1. The molecule has 0 N–H and O–H groups in total. The third kappa shape index (κ3) is 2.53. The molecule has 0 amide bonds. The molecule has 2 rings (SSSR count). The van der Waals surface area contributed by atoms with Crippen LogP contribution in [0.1, 0.15) is 36.4 Å². The Balaban J connectivity index is 2.30. The molecule has 1 saturated heterocycles. The van der Waals surface area contributed by atoms with Gasteiger partial charge in [-0.25, -0.2) is 0 Å². The van der Waals surface area contributed by atoms with Gasteiger partial charge in [0.1, 0.15) is 0 Å². The van der Waals surface area contributed by atoms with Crippen molar-refractivity contribution in [1.82, 2.24) is 0 Å². The average Bonchev–Trinajstić information content (AvgIpc) is 2.75. The van der Waals surface area contributed by atoms with E-state index in [1.165, 1.54) is 24.3 Å². The molecule has 0 unspecified atom stereocenters. The summed E-state index contributed by atoms with van der Waals surface area (Å²) in [6, 6.07) is 1.40. The molecule has 0 aromatic carbocycles. The molecule has 18 heavy (non-hydrogen) atoms. The van der Waals surface area contributed by atoms with Crippen molar-refractivity contribution < 1.29 is 9.72 Å². The van der Waals surface area contributed by atoms with Gasteiger partial charge < -0.3 is 4.90 Å². The van der Waals surface area contributed by atoms with E-state index in [0.717, 1.165) is 25.9 Å². The zero-order chi connectivity index (χ0) is 13.3. The topological polar surface area (TPSA) is 63.4 Å². The smallest absolute Gasteiger partial charge is 0.304 e. The maximum Gasteiger partial charge on any atom is 0.304 e. The monoisotopic (exact) mass is 268 g/mol. The van der Waals surface area contributed by atoms with E-state index in [-0.39, 0.29) is 11.5 Å². The van der Waals surface area contributed by atoms with Gasteiger partial charge in [-0.1, -0.05) is 6.92 Å². The van der Waals surface area contributed by atoms with Crippen molar-refractivity contribution in [3.05, 3.63) is 21.1 Å². The highest BCUT2D eigenvalue weighted by Crippen LogP contribution is 2.39. The van der Waals surface area contributed by atoms with Gasteiger partial charge in [0.05, 0.1) is 9.80 Å². The predicted octanol–water partition coefficient (Wildman–Crippen LogP) is 3.10. The van der Waals surface area contributed by atoms with Crippen molar-refractivity contribution >= 4 is 27.8 Å². The molecule has 1 aliphatic rings. The fourth-order valence-corrected chi connectivity index (χ4v) is 3.19. The molecular weight excluding hydrogens is 252 g/mol. The first-order chi connectivity index (χ1) is 8.49. The van der Waals surface area contributed by atoms with Crippen LogP contribution < -0.4 is 4.90 Å². The van der Waals surface area contributed by atoms with E-state index in [1.807, 2.05) is 4.90 Å². The second-order valence-electron chi connectivity index (χ2n) is 4.78. The number of ketones is 1. The Kier molecular flexibility index (Phi) is 3.65. The second-order valence-corrected chi connectivity index (χ2v) is 5.81. The van der Waals surface area contributed by atoms with Crippen molar-refractivity contribution in [2.24, 2.45) is 5.92 Å². The minimum absolute atomic E-state index is 0.0692. The lowest BCUT2D eigenvalue weighted by Gasteiger charge is -2.30. The molecule has 0 bridgehead atoms. The maximum absolute atomic E-state index is 11.3. The Morgan fingerprint density at radius 2 is 2.11 bits per heavy atom. The van der Waals surface area contributed by atoms with Crippen LogP contribution in [0.15, 0.2) is 6.07 Å². The highest BCUT2D eigenvalue weighted by atomic mass is 32.1. The Hall–Kier alpha value is -1.43. The van der Waals surface area contributed by atoms with Crippen molar-refractivity contribution in [3.8, 4) is 0 Å². The number of nitrogens with zero attached hydrogens (tertiary/aromatic N) is 2. The predicted molar refractivity (Wildman–Crippen MR) is 71.6 cm³/mol. The number of hydrogen-bond donors (Lipinski definition) is 0. The van der Waals surface area contributed by atoms with Crippen LogP contribution in [0.5, 0.6) is 0 Å². The first-order valence-electron chi connectivity index (χ1n) is 6.03. The van der Waals surface area contributed by atoms with Gasteiger partial charge >= 0.3 is 5.69 Å². The van der Waals surface area contributed by atoms with Gasteiger partial charge in [-0.3, -0.25) is 14.9 Å². The summed E-state index contributed by atoms with van der Waals surface area (Å²) in [5.41, 5.74) is 0.0692. The minimum atomic E-state index is -0.393. The molecule has 2 heterocycles. The van der Waals surface area contributed by atoms with E-state index in [9.17, 15) is 14.9 Å². The summed E-state index contributed by atoms with van der Waals surface area (Å²) in [4.78, 5) is 24.5. The molecule has 1 aliphatic heterocycles. The zero-order valence-corrected chi connectivity index (χ0v) is 11.3. The number of Topliss-reactive ketones (excluding diaryl/α,β-unsaturated/α-hetero) is 1. The number of carbonyl (C=O) groups excluding carboxylic acids is 1. The normalized spacial score (nSPS) is 16.9. The first-order valence-corrected chi connectivity index (χ1v) is 6.84. The first kappa shape index (κ1) is 13.0. The van der Waals surface area contributed by atoms with Gasteiger partial charge in [0, 0.05) is 19.2 Å². The summed E-state index contributed by atoms with van der Waals surface area (Å²) in [6.45, 7) is 5.30. The Labute approximate surface area is 110 Å². The van der Waals surface area contributed by atoms with Crippen LogP contribution in [0, 0.1) is 16.0 Å². The van der Waals surface area contributed by atoms with Crippen LogP contribution in [0.25, 0.3) is 0 Å². The zero-order valence-electron chi connectivity index (χ0n) is 10.5. The van der Waals surface area contributed by atoms with Crippen molar-refractivity contribution in [3.63, 3.8) is 0 Å². The highest BCUT2D eigenvalue weighted by molar-refractivity contribution is 7.18. The van der Waals surface area contributed by atoms with E-state index < -0.39 is 4.92 Å². The molecule has 0 aliphatic carbocycles. The van der Waals surface area contributed by atoms with Crippen LogP contribution in [-0.4, -0.2) is 23.8 Å². The molecule has 98 valence electrons. The maximum atomic E-state index is 11.3. The third-order valence-electron chi connectivity index (χ3n) is 3.31. The van der Waals surface area contributed by atoms with Gasteiger partial charge in [-0.15, -0.1) is 11.3 Å². The quantitative estimate of drug-likeness (QED) is 0.480. The molecule has 1 fully saturated rings. The van der Waals surface area contributed by atoms with Gasteiger partial charge in [-0.05, 0) is 25.7 Å². The molecule has 5 nitrogen and oxygen atoms in total. The summed E-state index contributed by atoms with van der Waals surface area (Å²) in [5, 5.41) is 11.7. The Bertz CT molecular complexity index is 476. The molecule has 1 aromatic heterocycles. The molecule has 1 aromatic rings. The number of hydrogen-bond acceptors (Lipinski definition) is 5. The van der Waals surface area contributed by atoms with E-state index in [1.54, 1.807) is 0 Å². The van der Waals surface area contributed by atoms with Gasteiger partial charge in [0.2, 0.25) is 0 Å². The van der Waals surface area contributed by atoms with Gasteiger partial charge in [0.25, 0.3) is 0 Å². The summed E-state index contributed by atoms with van der Waals surface area (Å²) >= 11 is 1.24. The second kappa shape index (κ2) is 5.06. The molecular formula is C12H16N2O3S. The number of carbonyl (C=O) groups is 1. The van der Waals surface area contributed by atoms with E-state index >= 15 is 0 Å². The summed E-state index contributed by atoms with van der Waals surface area (Å²) in [6.07, 6.45) is 2.09. The molecule has 0 radical (unpaired) electrons. The van der Waals surface area contributed by atoms with Crippen LogP contribution in [0.2, 0.25) is 0 Å². The van der Waals surface area contributed by atoms with Crippen LogP contribution in [0.4, 0.5) is 10.7 Å². The fraction of sp³-hybridized carbons (Fsp3) is 0.583. The standard InChI is InChI=1S/C12H16N2O3S/c1-8-3-5-13(6-4-8)12-10(14(16)17)7-11(18-12)9(2)15/h7-8H,3-6H2,1-2H3. The molecule has 6 heteroatoms. The van der Waals surface area contributed by atoms with E-state index in [0.29, 0.717) is 15.8 Å². The highest BCUT2D eigenvalue weighted by Gasteiger charge is 2.27. The molecule has 0 saturated carbocycles. The molecule has 0 spiro atoms. The SMILES string of the molecule is CC(=O)c1cc([N+](=O)[O-])c(N2CCC(C)CC2)s1. The average molecular weight is 268 g/mol. The Morgan fingerprint density at radius 1 is 1.50 bits per heavy atom. The fourth-order valence-electron chi connectivity index (χ4n) is 2.11. The van der Waals surface area contributed by atoms with Gasteiger partial charge in [-0.2, -0.15) is 0 Å². The number of piperidine rings is 1. The van der Waals surface area contributed by atoms with Crippen molar-refractivity contribution in [2.45, 2.75) is 26.7 Å². The third-order valence-corrected chi connectivity index (χ3v) is 4.59. The minimum Gasteiger partial charge on any atom is -0.358 e. The van der Waals surface area contributed by atoms with Crippen LogP contribution in [-0.2, 0) is 0 Å². The Morgan fingerprint density at radius 3 is 2.61 bits per heavy atom. The summed E-state index contributed by atoms with van der Waals surface area (Å²) in [5.74, 6) is 0.562. The van der Waals surface area contributed by atoms with Crippen molar-refractivity contribution in [1.29, 1.82) is 0 Å². The number of nitro groups is 1. The number of rotatable bonds is 3. The molecule has 0 atom stereocenters. The lowest BCUT2D eigenvalue weighted by atomic mass is 9.99. The lowest BCUT2D eigenvalue weighted by Crippen LogP contribution is -2.32. The van der Waals surface area contributed by atoms with E-state index in [2.05, 4.69) is 6.92 Å². The largest absolute Gasteiger partial charge is 0.358 e. The number of anilines is 1. The van der Waals surface area contributed by atoms with Crippen LogP contribution in [0.3, 0.4) is 0 Å². The summed E-state index contributed by atoms with van der Waals surface area (Å²) in [7, 11) is 0. The van der Waals surface area contributed by atoms with Crippen molar-refractivity contribution in [2.75, 3.05) is 18.0 Å². The van der Waals surface area contributed by atoms with Gasteiger partial charge in [0.15, 0.2) is 10.8 Å².